The van der Waals surface area contributed by atoms with Crippen LogP contribution in [0.15, 0.2) is 127 Å². The SMILES string of the molecule is CC(C)(C(=O)NCc1ccco1)n1cc(NC(=O)c2cccnc2)cn1.Cc1cccc(C(=O)Nc2cnn(C(C)(C)C(=O)NCc3ccccc3)c2)c1. The van der Waals surface area contributed by atoms with E-state index in [4.69, 9.17) is 4.42 Å². The molecule has 4 aromatic heterocycles. The summed E-state index contributed by atoms with van der Waals surface area (Å²) >= 11 is 0. The first kappa shape index (κ1) is 38.4. The number of pyridine rings is 1. The van der Waals surface area contributed by atoms with E-state index >= 15 is 0 Å². The number of aryl methyl sites for hydroxylation is 1. The van der Waals surface area contributed by atoms with Crippen molar-refractivity contribution in [1.29, 1.82) is 0 Å². The number of hydrogen-bond donors (Lipinski definition) is 4. The maximum Gasteiger partial charge on any atom is 0.257 e. The summed E-state index contributed by atoms with van der Waals surface area (Å²) in [6.07, 6.45) is 10.9. The number of nitrogens with zero attached hydrogens (tertiary/aromatic N) is 5. The second-order valence-corrected chi connectivity index (χ2v) is 13.4. The molecule has 0 aliphatic rings. The number of nitrogens with one attached hydrogen (secondary N) is 4. The molecule has 0 aliphatic carbocycles. The molecule has 0 saturated heterocycles. The molecule has 0 unspecified atom stereocenters. The predicted molar refractivity (Wildman–Crippen MR) is 203 cm³/mol. The van der Waals surface area contributed by atoms with Gasteiger partial charge in [0.15, 0.2) is 0 Å². The maximum absolute atomic E-state index is 12.7. The van der Waals surface area contributed by atoms with Crippen molar-refractivity contribution in [3.05, 3.63) is 150 Å². The van der Waals surface area contributed by atoms with Crippen molar-refractivity contribution in [2.45, 2.75) is 58.8 Å². The Labute approximate surface area is 313 Å². The lowest BCUT2D eigenvalue weighted by atomic mass is 10.0. The zero-order valence-corrected chi connectivity index (χ0v) is 30.7. The van der Waals surface area contributed by atoms with E-state index in [0.717, 1.165) is 11.1 Å². The van der Waals surface area contributed by atoms with E-state index in [0.29, 0.717) is 41.4 Å². The molecule has 278 valence electrons. The number of carbonyl (C=O) groups excluding carboxylic acids is 4. The second kappa shape index (κ2) is 17.1. The lowest BCUT2D eigenvalue weighted by Gasteiger charge is -2.24. The van der Waals surface area contributed by atoms with Crippen molar-refractivity contribution in [1.82, 2.24) is 35.2 Å². The fourth-order valence-electron chi connectivity index (χ4n) is 5.08. The Morgan fingerprint density at radius 1 is 0.667 bits per heavy atom. The standard InChI is InChI=1S/C22H24N4O2.C18H19N5O3/c1-16-8-7-11-18(12-16)20(27)25-19-14-24-26(15-19)22(2,3)21(28)23-13-17-9-5-4-6-10-17;1-18(2,17(25)20-11-15-6-4-8-26-15)23-12-14(10-21-23)22-16(24)13-5-3-7-19-9-13/h4-12,14-15H,13H2,1-3H3,(H,23,28)(H,25,27);3-10,12H,11H2,1-2H3,(H,20,25)(H,22,24). The number of rotatable bonds is 12. The zero-order chi connectivity index (χ0) is 38.7. The highest BCUT2D eigenvalue weighted by molar-refractivity contribution is 6.04. The molecule has 0 spiro atoms. The lowest BCUT2D eigenvalue weighted by Crippen LogP contribution is -2.44. The Morgan fingerprint density at radius 3 is 1.81 bits per heavy atom. The van der Waals surface area contributed by atoms with Crippen LogP contribution in [0.3, 0.4) is 0 Å². The van der Waals surface area contributed by atoms with E-state index in [1.165, 1.54) is 17.1 Å². The largest absolute Gasteiger partial charge is 0.467 e. The number of furan rings is 1. The molecule has 0 atom stereocenters. The van der Waals surface area contributed by atoms with Gasteiger partial charge >= 0.3 is 0 Å². The van der Waals surface area contributed by atoms with E-state index in [1.807, 2.05) is 55.5 Å². The number of hydrogen-bond acceptors (Lipinski definition) is 8. The third kappa shape index (κ3) is 9.94. The van der Waals surface area contributed by atoms with Gasteiger partial charge in [-0.25, -0.2) is 0 Å². The number of amides is 4. The molecule has 0 bridgehead atoms. The molecule has 4 heterocycles. The van der Waals surface area contributed by atoms with E-state index in [1.54, 1.807) is 93.8 Å². The van der Waals surface area contributed by atoms with Gasteiger partial charge in [-0.15, -0.1) is 0 Å². The second-order valence-electron chi connectivity index (χ2n) is 13.4. The molecule has 14 nitrogen and oxygen atoms in total. The van der Waals surface area contributed by atoms with Gasteiger partial charge in [-0.1, -0.05) is 48.0 Å². The van der Waals surface area contributed by atoms with Crippen LogP contribution < -0.4 is 21.3 Å². The Morgan fingerprint density at radius 2 is 1.26 bits per heavy atom. The highest BCUT2D eigenvalue weighted by atomic mass is 16.3. The topological polar surface area (TPSA) is 178 Å². The monoisotopic (exact) mass is 729 g/mol. The van der Waals surface area contributed by atoms with Crippen molar-refractivity contribution in [3.63, 3.8) is 0 Å². The smallest absolute Gasteiger partial charge is 0.257 e. The molecule has 0 aliphatic heterocycles. The molecule has 14 heteroatoms. The highest BCUT2D eigenvalue weighted by Gasteiger charge is 2.32. The van der Waals surface area contributed by atoms with Crippen LogP contribution in [-0.4, -0.2) is 48.2 Å². The molecule has 6 aromatic rings. The van der Waals surface area contributed by atoms with Crippen LogP contribution in [0.5, 0.6) is 0 Å². The van der Waals surface area contributed by atoms with Crippen molar-refractivity contribution in [3.8, 4) is 0 Å². The van der Waals surface area contributed by atoms with Crippen LogP contribution in [0.2, 0.25) is 0 Å². The predicted octanol–water partition coefficient (Wildman–Crippen LogP) is 5.67. The molecule has 0 fully saturated rings. The first-order valence-electron chi connectivity index (χ1n) is 17.2. The third-order valence-electron chi connectivity index (χ3n) is 8.44. The minimum atomic E-state index is -0.941. The Bertz CT molecular complexity index is 2170. The summed E-state index contributed by atoms with van der Waals surface area (Å²) in [5.74, 6) is -0.218. The third-order valence-corrected chi connectivity index (χ3v) is 8.44. The normalized spacial score (nSPS) is 11.1. The van der Waals surface area contributed by atoms with Gasteiger partial charge in [0.1, 0.15) is 16.8 Å². The summed E-state index contributed by atoms with van der Waals surface area (Å²) in [6, 6.07) is 24.0. The average molecular weight is 730 g/mol. The van der Waals surface area contributed by atoms with Gasteiger partial charge in [0, 0.05) is 36.9 Å². The molecular weight excluding hydrogens is 686 g/mol. The molecule has 2 aromatic carbocycles. The van der Waals surface area contributed by atoms with Gasteiger partial charge < -0.3 is 25.7 Å². The average Bonchev–Trinajstić information content (AvgIpc) is 3.98. The van der Waals surface area contributed by atoms with Gasteiger partial charge in [0.2, 0.25) is 11.8 Å². The number of carbonyl (C=O) groups is 4. The van der Waals surface area contributed by atoms with Gasteiger partial charge in [-0.2, -0.15) is 10.2 Å². The summed E-state index contributed by atoms with van der Waals surface area (Å²) < 4.78 is 8.26. The van der Waals surface area contributed by atoms with Crippen LogP contribution in [0.4, 0.5) is 11.4 Å². The Hall–Kier alpha value is -6.83. The molecule has 0 radical (unpaired) electrons. The first-order chi connectivity index (χ1) is 25.8. The van der Waals surface area contributed by atoms with Crippen molar-refractivity contribution >= 4 is 35.0 Å². The minimum absolute atomic E-state index is 0.156. The van der Waals surface area contributed by atoms with Gasteiger partial charge in [0.05, 0.1) is 42.1 Å². The van der Waals surface area contributed by atoms with Crippen LogP contribution in [0.1, 0.15) is 65.3 Å². The summed E-state index contributed by atoms with van der Waals surface area (Å²) in [5.41, 5.74) is 2.24. The maximum atomic E-state index is 12.7. The number of anilines is 2. The molecule has 4 N–H and O–H groups in total. The fourth-order valence-corrected chi connectivity index (χ4v) is 5.08. The van der Waals surface area contributed by atoms with Gasteiger partial charge in [-0.3, -0.25) is 33.5 Å². The fraction of sp³-hybridized carbons (Fsp3) is 0.225. The summed E-state index contributed by atoms with van der Waals surface area (Å²) in [4.78, 5) is 53.6. The molecular formula is C40H43N9O5. The van der Waals surface area contributed by atoms with E-state index < -0.39 is 11.1 Å². The lowest BCUT2D eigenvalue weighted by molar-refractivity contribution is -0.129. The number of benzene rings is 2. The molecule has 54 heavy (non-hydrogen) atoms. The van der Waals surface area contributed by atoms with Crippen molar-refractivity contribution in [2.75, 3.05) is 10.6 Å². The number of aromatic nitrogens is 5. The highest BCUT2D eigenvalue weighted by Crippen LogP contribution is 2.20. The van der Waals surface area contributed by atoms with Crippen LogP contribution in [-0.2, 0) is 33.8 Å². The van der Waals surface area contributed by atoms with Gasteiger partial charge in [-0.05, 0) is 76.6 Å². The van der Waals surface area contributed by atoms with E-state index in [9.17, 15) is 19.2 Å². The molecule has 4 amide bonds. The minimum Gasteiger partial charge on any atom is -0.467 e. The first-order valence-corrected chi connectivity index (χ1v) is 17.2. The summed E-state index contributed by atoms with van der Waals surface area (Å²) in [5, 5.41) is 19.8. The van der Waals surface area contributed by atoms with E-state index in [-0.39, 0.29) is 23.6 Å². The Balaban J connectivity index is 0.000000208. The quantitative estimate of drug-likeness (QED) is 0.125. The Kier molecular flexibility index (Phi) is 12.2. The van der Waals surface area contributed by atoms with Crippen LogP contribution in [0.25, 0.3) is 0 Å². The molecule has 6 rings (SSSR count). The molecule has 0 saturated carbocycles. The summed E-state index contributed by atoms with van der Waals surface area (Å²) in [7, 11) is 0. The van der Waals surface area contributed by atoms with Crippen molar-refractivity contribution < 1.29 is 23.6 Å². The van der Waals surface area contributed by atoms with E-state index in [2.05, 4.69) is 36.4 Å². The zero-order valence-electron chi connectivity index (χ0n) is 30.7. The van der Waals surface area contributed by atoms with Gasteiger partial charge in [0.25, 0.3) is 11.8 Å². The van der Waals surface area contributed by atoms with Crippen molar-refractivity contribution in [2.24, 2.45) is 0 Å². The van der Waals surface area contributed by atoms with Crippen LogP contribution in [0, 0.1) is 6.92 Å². The van der Waals surface area contributed by atoms with Crippen LogP contribution >= 0.6 is 0 Å². The summed E-state index contributed by atoms with van der Waals surface area (Å²) in [6.45, 7) is 9.72.